The van der Waals surface area contributed by atoms with E-state index in [2.05, 4.69) is 10.6 Å². The molecule has 3 atom stereocenters. The summed E-state index contributed by atoms with van der Waals surface area (Å²) in [6, 6.07) is 4.59. The number of halogens is 2. The summed E-state index contributed by atoms with van der Waals surface area (Å²) in [6.45, 7) is 4.07. The second-order valence-corrected chi connectivity index (χ2v) is 12.0. The number of unbranched alkanes of at least 4 members (excludes halogenated alkanes) is 1. The van der Waals surface area contributed by atoms with Crippen LogP contribution in [0.15, 0.2) is 18.2 Å². The van der Waals surface area contributed by atoms with Gasteiger partial charge in [0.15, 0.2) is 0 Å². The number of ether oxygens (including phenoxy) is 1. The fourth-order valence-corrected chi connectivity index (χ4v) is 6.41. The number of likely N-dealkylation sites (tertiary alicyclic amines) is 1. The van der Waals surface area contributed by atoms with Gasteiger partial charge in [-0.2, -0.15) is 0 Å². The second kappa shape index (κ2) is 14.3. The molecule has 2 aliphatic rings. The van der Waals surface area contributed by atoms with Crippen molar-refractivity contribution in [2.24, 2.45) is 11.8 Å². The van der Waals surface area contributed by atoms with Crippen LogP contribution in [0.4, 0.5) is 9.18 Å². The maximum atomic E-state index is 15.2. The number of nitrogens with zero attached hydrogens (tertiary/aromatic N) is 1. The van der Waals surface area contributed by atoms with Gasteiger partial charge in [-0.3, -0.25) is 0 Å². The average molecular weight is 556 g/mol. The second-order valence-electron chi connectivity index (χ2n) is 11.6. The van der Waals surface area contributed by atoms with Gasteiger partial charge in [0.1, 0.15) is 5.82 Å². The molecule has 3 rings (SSSR count). The molecule has 1 aliphatic heterocycles. The van der Waals surface area contributed by atoms with E-state index < -0.39 is 17.0 Å². The predicted molar refractivity (Wildman–Crippen MR) is 149 cm³/mol. The number of rotatable bonds is 12. The number of likely N-dealkylation sites (N-methyl/N-ethyl adjacent to an activating group) is 1. The Morgan fingerprint density at radius 2 is 2.05 bits per heavy atom. The first-order valence-corrected chi connectivity index (χ1v) is 14.6. The first-order chi connectivity index (χ1) is 18.1. The maximum absolute atomic E-state index is 15.2. The molecule has 9 heteroatoms. The smallest absolute Gasteiger partial charge is 0.317 e. The molecule has 1 saturated heterocycles. The molecule has 4 N–H and O–H groups in total. The molecule has 1 heterocycles. The molecule has 0 bridgehead atoms. The molecular formula is C29H47ClFN3O4. The van der Waals surface area contributed by atoms with Crippen LogP contribution in [0.5, 0.6) is 0 Å². The van der Waals surface area contributed by atoms with Crippen molar-refractivity contribution in [3.63, 3.8) is 0 Å². The Kier molecular flexibility index (Phi) is 11.7. The lowest BCUT2D eigenvalue weighted by Gasteiger charge is -2.43. The normalized spacial score (nSPS) is 26.6. The molecule has 0 aromatic heterocycles. The number of aliphatic hydroxyl groups is 2. The van der Waals surface area contributed by atoms with Gasteiger partial charge in [0, 0.05) is 50.9 Å². The van der Waals surface area contributed by atoms with E-state index in [4.69, 9.17) is 16.3 Å². The van der Waals surface area contributed by atoms with Crippen LogP contribution in [0, 0.1) is 17.7 Å². The molecule has 1 aromatic rings. The highest BCUT2D eigenvalue weighted by atomic mass is 35.5. The fourth-order valence-electron chi connectivity index (χ4n) is 6.23. The largest absolute Gasteiger partial charge is 0.390 e. The summed E-state index contributed by atoms with van der Waals surface area (Å²) in [5, 5.41) is 28.7. The number of nitrogens with one attached hydrogen (secondary N) is 2. The summed E-state index contributed by atoms with van der Waals surface area (Å²) in [4.78, 5) is 15.2. The first kappa shape index (κ1) is 31.1. The zero-order valence-corrected chi connectivity index (χ0v) is 24.0. The third kappa shape index (κ3) is 8.28. The zero-order valence-electron chi connectivity index (χ0n) is 23.3. The van der Waals surface area contributed by atoms with Crippen LogP contribution in [0.2, 0.25) is 5.02 Å². The zero-order chi connectivity index (χ0) is 27.8. The van der Waals surface area contributed by atoms with Gasteiger partial charge in [0.25, 0.3) is 0 Å². The molecule has 0 radical (unpaired) electrons. The molecule has 7 nitrogen and oxygen atoms in total. The average Bonchev–Trinajstić information content (AvgIpc) is 2.89. The van der Waals surface area contributed by atoms with Crippen LogP contribution in [0.25, 0.3) is 0 Å². The minimum Gasteiger partial charge on any atom is -0.390 e. The van der Waals surface area contributed by atoms with Crippen molar-refractivity contribution >= 4 is 17.6 Å². The quantitative estimate of drug-likeness (QED) is 0.277. The molecule has 2 fully saturated rings. The number of methoxy groups -OCH3 is 1. The summed E-state index contributed by atoms with van der Waals surface area (Å²) in [5.74, 6) is -0.447. The number of benzene rings is 1. The fraction of sp³-hybridized carbons (Fsp3) is 0.759. The molecule has 1 aliphatic carbocycles. The molecule has 216 valence electrons. The lowest BCUT2D eigenvalue weighted by molar-refractivity contribution is -0.0588. The third-order valence-electron chi connectivity index (χ3n) is 8.54. The number of hydrogen-bond acceptors (Lipinski definition) is 5. The maximum Gasteiger partial charge on any atom is 0.317 e. The number of urea groups is 1. The Hall–Kier alpha value is -1.45. The molecule has 2 amide bonds. The lowest BCUT2D eigenvalue weighted by atomic mass is 9.74. The monoisotopic (exact) mass is 555 g/mol. The van der Waals surface area contributed by atoms with Gasteiger partial charge in [-0.15, -0.1) is 0 Å². The van der Waals surface area contributed by atoms with Crippen molar-refractivity contribution in [1.82, 2.24) is 15.5 Å². The first-order valence-electron chi connectivity index (χ1n) is 14.2. The molecular weight excluding hydrogens is 509 g/mol. The van der Waals surface area contributed by atoms with Gasteiger partial charge in [-0.05, 0) is 90.2 Å². The van der Waals surface area contributed by atoms with Crippen molar-refractivity contribution in [3.05, 3.63) is 34.6 Å². The van der Waals surface area contributed by atoms with Crippen LogP contribution in [-0.2, 0) is 10.3 Å². The standard InChI is InChI=1S/C29H47ClFN3O4/c1-28(36)14-11-21(12-15-28)18-23(19-32-2)33-27(35)34-16-7-8-22(20-34)29(37,13-4-5-17-38-3)24-9-6-10-25(30)26(24)31/h6,9-10,21-23,32,36-37H,4-5,7-8,11-20H2,1-3H3,(H,33,35)/t21?,22-,23?,28?,29+/m1/s1. The van der Waals surface area contributed by atoms with E-state index in [0.29, 0.717) is 51.4 Å². The van der Waals surface area contributed by atoms with Gasteiger partial charge < -0.3 is 30.5 Å². The van der Waals surface area contributed by atoms with Gasteiger partial charge >= 0.3 is 6.03 Å². The summed E-state index contributed by atoms with van der Waals surface area (Å²) < 4.78 is 20.3. The number of carbonyl (C=O) groups excluding carboxylic acids is 1. The number of hydrogen-bond donors (Lipinski definition) is 4. The molecule has 38 heavy (non-hydrogen) atoms. The SMILES string of the molecule is CNCC(CC1CCC(C)(O)CC1)NC(=O)N1CCC[C@@H]([C@@](O)(CCCCOC)c2cccc(Cl)c2F)C1. The number of amides is 2. The highest BCUT2D eigenvalue weighted by molar-refractivity contribution is 6.30. The van der Waals surface area contributed by atoms with Crippen LogP contribution in [0.3, 0.4) is 0 Å². The Morgan fingerprint density at radius 3 is 2.74 bits per heavy atom. The summed E-state index contributed by atoms with van der Waals surface area (Å²) in [7, 11) is 3.52. The highest BCUT2D eigenvalue weighted by Crippen LogP contribution is 2.42. The van der Waals surface area contributed by atoms with Crippen LogP contribution in [0.1, 0.15) is 76.7 Å². The molecule has 1 saturated carbocycles. The summed E-state index contributed by atoms with van der Waals surface area (Å²) in [6.07, 6.45) is 7.54. The van der Waals surface area contributed by atoms with Gasteiger partial charge in [0.05, 0.1) is 16.2 Å². The van der Waals surface area contributed by atoms with Crippen LogP contribution >= 0.6 is 11.6 Å². The van der Waals surface area contributed by atoms with Crippen molar-refractivity contribution in [2.45, 2.75) is 88.4 Å². The van der Waals surface area contributed by atoms with Crippen molar-refractivity contribution in [3.8, 4) is 0 Å². The Labute approximate surface area is 232 Å². The van der Waals surface area contributed by atoms with Crippen molar-refractivity contribution < 1.29 is 24.1 Å². The Balaban J connectivity index is 1.70. The lowest BCUT2D eigenvalue weighted by Crippen LogP contribution is -2.54. The van der Waals surface area contributed by atoms with Crippen LogP contribution in [-0.4, -0.2) is 73.2 Å². The molecule has 0 spiro atoms. The van der Waals surface area contributed by atoms with Crippen LogP contribution < -0.4 is 10.6 Å². The van der Waals surface area contributed by atoms with Crippen molar-refractivity contribution in [2.75, 3.05) is 40.4 Å². The van der Waals surface area contributed by atoms with Gasteiger partial charge in [-0.1, -0.05) is 23.7 Å². The van der Waals surface area contributed by atoms with Gasteiger partial charge in [-0.25, -0.2) is 9.18 Å². The van der Waals surface area contributed by atoms with E-state index in [-0.39, 0.29) is 28.6 Å². The van der Waals surface area contributed by atoms with E-state index in [1.54, 1.807) is 24.1 Å². The van der Waals surface area contributed by atoms with E-state index in [9.17, 15) is 15.0 Å². The Bertz CT molecular complexity index is 895. The number of carbonyl (C=O) groups is 1. The van der Waals surface area contributed by atoms with E-state index in [1.807, 2.05) is 14.0 Å². The molecule has 1 aromatic carbocycles. The predicted octanol–water partition coefficient (Wildman–Crippen LogP) is 4.82. The third-order valence-corrected chi connectivity index (χ3v) is 8.83. The highest BCUT2D eigenvalue weighted by Gasteiger charge is 2.43. The van der Waals surface area contributed by atoms with E-state index in [0.717, 1.165) is 44.9 Å². The summed E-state index contributed by atoms with van der Waals surface area (Å²) in [5.41, 5.74) is -1.81. The minimum absolute atomic E-state index is 0.0117. The number of piperidine rings is 1. The van der Waals surface area contributed by atoms with E-state index >= 15 is 4.39 Å². The minimum atomic E-state index is -1.44. The van der Waals surface area contributed by atoms with Gasteiger partial charge in [0.2, 0.25) is 0 Å². The molecule has 1 unspecified atom stereocenters. The topological polar surface area (TPSA) is 94.1 Å². The Morgan fingerprint density at radius 1 is 1.32 bits per heavy atom. The van der Waals surface area contributed by atoms with E-state index in [1.165, 1.54) is 6.07 Å². The summed E-state index contributed by atoms with van der Waals surface area (Å²) >= 11 is 6.10. The van der Waals surface area contributed by atoms with Crippen molar-refractivity contribution in [1.29, 1.82) is 0 Å².